The summed E-state index contributed by atoms with van der Waals surface area (Å²) in [5, 5.41) is 3.20. The Kier molecular flexibility index (Phi) is 3.80. The minimum absolute atomic E-state index is 0.329. The van der Waals surface area contributed by atoms with Gasteiger partial charge in [-0.2, -0.15) is 0 Å². The highest BCUT2D eigenvalue weighted by Gasteiger charge is 2.23. The van der Waals surface area contributed by atoms with Gasteiger partial charge in [0.15, 0.2) is 0 Å². The van der Waals surface area contributed by atoms with Gasteiger partial charge in [0, 0.05) is 25.8 Å². The van der Waals surface area contributed by atoms with Crippen molar-refractivity contribution in [2.24, 2.45) is 5.73 Å². The molecule has 0 radical (unpaired) electrons. The first kappa shape index (κ1) is 13.9. The van der Waals surface area contributed by atoms with E-state index in [0.29, 0.717) is 6.54 Å². The summed E-state index contributed by atoms with van der Waals surface area (Å²) in [5.74, 6) is -0.329. The van der Waals surface area contributed by atoms with E-state index in [1.165, 1.54) is 23.2 Å². The topological polar surface area (TPSA) is 58.4 Å². The Balaban J connectivity index is 2.09. The Morgan fingerprint density at radius 2 is 2.21 bits per heavy atom. The molecule has 1 aromatic rings. The van der Waals surface area contributed by atoms with Crippen molar-refractivity contribution in [3.05, 3.63) is 29.3 Å². The third-order valence-corrected chi connectivity index (χ3v) is 3.85. The van der Waals surface area contributed by atoms with Crippen molar-refractivity contribution in [3.63, 3.8) is 0 Å². The van der Waals surface area contributed by atoms with E-state index in [2.05, 4.69) is 35.5 Å². The van der Waals surface area contributed by atoms with Gasteiger partial charge in [0.2, 0.25) is 5.91 Å². The van der Waals surface area contributed by atoms with Gasteiger partial charge in [0.1, 0.15) is 0 Å². The number of benzene rings is 1. The Morgan fingerprint density at radius 1 is 1.47 bits per heavy atom. The lowest BCUT2D eigenvalue weighted by atomic mass is 9.98. The molecule has 3 N–H and O–H groups in total. The molecule has 0 saturated carbocycles. The Hall–Kier alpha value is -1.55. The molecule has 0 unspecified atom stereocenters. The number of fused-ring (bicyclic) bond motifs is 1. The van der Waals surface area contributed by atoms with Crippen LogP contribution in [-0.2, 0) is 17.8 Å². The van der Waals surface area contributed by atoms with Crippen LogP contribution in [0.4, 0.5) is 5.69 Å². The smallest absolute Gasteiger partial charge is 0.237 e. The van der Waals surface area contributed by atoms with Crippen molar-refractivity contribution < 1.29 is 4.79 Å². The van der Waals surface area contributed by atoms with Crippen molar-refractivity contribution in [3.8, 4) is 0 Å². The van der Waals surface area contributed by atoms with Crippen LogP contribution in [0.1, 0.15) is 31.4 Å². The van der Waals surface area contributed by atoms with Crippen LogP contribution < -0.4 is 16.0 Å². The number of hydrogen-bond acceptors (Lipinski definition) is 3. The lowest BCUT2D eigenvalue weighted by molar-refractivity contribution is -0.123. The zero-order valence-electron chi connectivity index (χ0n) is 12.0. The molecule has 0 spiro atoms. The maximum atomic E-state index is 11.3. The number of nitrogens with one attached hydrogen (secondary N) is 1. The van der Waals surface area contributed by atoms with Gasteiger partial charge in [-0.05, 0) is 43.9 Å². The van der Waals surface area contributed by atoms with Crippen LogP contribution in [-0.4, -0.2) is 25.0 Å². The number of primary amides is 1. The van der Waals surface area contributed by atoms with Crippen molar-refractivity contribution in [1.82, 2.24) is 5.32 Å². The van der Waals surface area contributed by atoms with Gasteiger partial charge in [0.05, 0.1) is 5.54 Å². The van der Waals surface area contributed by atoms with E-state index in [-0.39, 0.29) is 5.91 Å². The van der Waals surface area contributed by atoms with E-state index in [1.54, 1.807) is 0 Å². The zero-order chi connectivity index (χ0) is 14.0. The second kappa shape index (κ2) is 5.21. The number of hydrogen-bond donors (Lipinski definition) is 2. The van der Waals surface area contributed by atoms with Crippen LogP contribution in [0.3, 0.4) is 0 Å². The van der Waals surface area contributed by atoms with E-state index in [4.69, 9.17) is 5.73 Å². The lowest BCUT2D eigenvalue weighted by Crippen LogP contribution is -2.50. The quantitative estimate of drug-likeness (QED) is 0.862. The zero-order valence-corrected chi connectivity index (χ0v) is 12.0. The number of nitrogens with two attached hydrogens (primary N) is 1. The van der Waals surface area contributed by atoms with Crippen LogP contribution in [0.15, 0.2) is 18.2 Å². The molecule has 1 aromatic carbocycles. The van der Waals surface area contributed by atoms with Crippen LogP contribution in [0.25, 0.3) is 0 Å². The number of nitrogens with zero attached hydrogens (tertiary/aromatic N) is 1. The monoisotopic (exact) mass is 261 g/mol. The molecule has 0 aliphatic carbocycles. The van der Waals surface area contributed by atoms with E-state index in [0.717, 1.165) is 13.0 Å². The van der Waals surface area contributed by atoms with Crippen molar-refractivity contribution in [1.29, 1.82) is 0 Å². The summed E-state index contributed by atoms with van der Waals surface area (Å²) in [6.07, 6.45) is 2.33. The van der Waals surface area contributed by atoms with Gasteiger partial charge in [-0.15, -0.1) is 0 Å². The maximum Gasteiger partial charge on any atom is 0.237 e. The Bertz CT molecular complexity index is 482. The standard InChI is InChI=1S/C15H23N3O/c1-15(2,14(16)19)17-10-11-6-7-13-12(9-11)5-4-8-18(13)3/h6-7,9,17H,4-5,8,10H2,1-3H3,(H2,16,19). The molecule has 0 aromatic heterocycles. The molecule has 4 heteroatoms. The van der Waals surface area contributed by atoms with Crippen LogP contribution in [0.2, 0.25) is 0 Å². The largest absolute Gasteiger partial charge is 0.374 e. The summed E-state index contributed by atoms with van der Waals surface area (Å²) in [4.78, 5) is 13.6. The highest BCUT2D eigenvalue weighted by atomic mass is 16.1. The molecule has 0 bridgehead atoms. The van der Waals surface area contributed by atoms with Gasteiger partial charge in [0.25, 0.3) is 0 Å². The molecule has 1 aliphatic heterocycles. The molecule has 4 nitrogen and oxygen atoms in total. The molecule has 2 rings (SSSR count). The molecule has 104 valence electrons. The molecule has 0 atom stereocenters. The SMILES string of the molecule is CN1CCCc2cc(CNC(C)(C)C(N)=O)ccc21. The van der Waals surface area contributed by atoms with Crippen LogP contribution in [0.5, 0.6) is 0 Å². The van der Waals surface area contributed by atoms with Gasteiger partial charge in [-0.3, -0.25) is 10.1 Å². The summed E-state index contributed by atoms with van der Waals surface area (Å²) in [6, 6.07) is 6.52. The number of rotatable bonds is 4. The van der Waals surface area contributed by atoms with Crippen molar-refractivity contribution >= 4 is 11.6 Å². The maximum absolute atomic E-state index is 11.3. The Labute approximate surface area is 115 Å². The lowest BCUT2D eigenvalue weighted by Gasteiger charge is -2.28. The number of anilines is 1. The molecule has 0 saturated heterocycles. The molecule has 1 aliphatic rings. The van der Waals surface area contributed by atoms with Crippen LogP contribution >= 0.6 is 0 Å². The van der Waals surface area contributed by atoms with Gasteiger partial charge >= 0.3 is 0 Å². The fourth-order valence-electron chi connectivity index (χ4n) is 2.36. The molecule has 1 heterocycles. The predicted octanol–water partition coefficient (Wildman–Crippen LogP) is 1.42. The van der Waals surface area contributed by atoms with E-state index < -0.39 is 5.54 Å². The van der Waals surface area contributed by atoms with E-state index >= 15 is 0 Å². The second-order valence-corrected chi connectivity index (χ2v) is 5.83. The number of amides is 1. The number of aryl methyl sites for hydroxylation is 1. The summed E-state index contributed by atoms with van der Waals surface area (Å²) in [5.41, 5.74) is 8.60. The number of carbonyl (C=O) groups is 1. The highest BCUT2D eigenvalue weighted by molar-refractivity contribution is 5.83. The van der Waals surface area contributed by atoms with Crippen LogP contribution in [0, 0.1) is 0 Å². The Morgan fingerprint density at radius 3 is 2.89 bits per heavy atom. The molecule has 19 heavy (non-hydrogen) atoms. The first-order valence-electron chi connectivity index (χ1n) is 6.78. The normalized spacial score (nSPS) is 15.2. The molecule has 1 amide bonds. The molecular weight excluding hydrogens is 238 g/mol. The fraction of sp³-hybridized carbons (Fsp3) is 0.533. The number of carbonyl (C=O) groups excluding carboxylic acids is 1. The van der Waals surface area contributed by atoms with E-state index in [9.17, 15) is 4.79 Å². The van der Waals surface area contributed by atoms with Crippen molar-refractivity contribution in [2.45, 2.75) is 38.8 Å². The molecule has 0 fully saturated rings. The summed E-state index contributed by atoms with van der Waals surface area (Å²) in [6.45, 7) is 5.40. The first-order chi connectivity index (χ1) is 8.90. The average molecular weight is 261 g/mol. The summed E-state index contributed by atoms with van der Waals surface area (Å²) < 4.78 is 0. The highest BCUT2D eigenvalue weighted by Crippen LogP contribution is 2.26. The minimum atomic E-state index is -0.674. The minimum Gasteiger partial charge on any atom is -0.374 e. The fourth-order valence-corrected chi connectivity index (χ4v) is 2.36. The van der Waals surface area contributed by atoms with Gasteiger partial charge in [-0.1, -0.05) is 12.1 Å². The van der Waals surface area contributed by atoms with E-state index in [1.807, 2.05) is 13.8 Å². The summed E-state index contributed by atoms with van der Waals surface area (Å²) >= 11 is 0. The predicted molar refractivity (Wildman–Crippen MR) is 78.1 cm³/mol. The van der Waals surface area contributed by atoms with Gasteiger partial charge in [-0.25, -0.2) is 0 Å². The molecular formula is C15H23N3O. The third kappa shape index (κ3) is 3.07. The first-order valence-corrected chi connectivity index (χ1v) is 6.78. The van der Waals surface area contributed by atoms with Crippen molar-refractivity contribution in [2.75, 3.05) is 18.5 Å². The van der Waals surface area contributed by atoms with Gasteiger partial charge < -0.3 is 10.6 Å². The third-order valence-electron chi connectivity index (χ3n) is 3.85. The average Bonchev–Trinajstić information content (AvgIpc) is 2.36. The second-order valence-electron chi connectivity index (χ2n) is 5.83. The summed E-state index contributed by atoms with van der Waals surface area (Å²) in [7, 11) is 2.13.